The number of carbonyl (C=O) groups excluding carboxylic acids is 1. The summed E-state index contributed by atoms with van der Waals surface area (Å²) < 4.78 is 6.98. The van der Waals surface area contributed by atoms with Gasteiger partial charge in [0.05, 0.1) is 23.9 Å². The second-order valence-corrected chi connectivity index (χ2v) is 6.09. The van der Waals surface area contributed by atoms with Crippen molar-refractivity contribution in [1.29, 1.82) is 0 Å². The summed E-state index contributed by atoms with van der Waals surface area (Å²) in [4.78, 5) is 16.2. The first-order chi connectivity index (χ1) is 13.2. The molecular formula is C20H23N5O2. The van der Waals surface area contributed by atoms with Crippen LogP contribution in [0.2, 0.25) is 0 Å². The van der Waals surface area contributed by atoms with Crippen LogP contribution < -0.4 is 11.1 Å². The SMILES string of the molecule is COC(CN)CC(=O)NCc1cn(-c2ccccc2)nc1-c1ccncc1. The van der Waals surface area contributed by atoms with Crippen molar-refractivity contribution in [2.75, 3.05) is 13.7 Å². The number of methoxy groups -OCH3 is 1. The maximum Gasteiger partial charge on any atom is 0.222 e. The Morgan fingerprint density at radius 1 is 1.22 bits per heavy atom. The molecule has 3 aromatic rings. The van der Waals surface area contributed by atoms with Crippen LogP contribution in [-0.4, -0.2) is 40.4 Å². The number of ether oxygens (including phenoxy) is 1. The van der Waals surface area contributed by atoms with Gasteiger partial charge in [0, 0.05) is 49.9 Å². The van der Waals surface area contributed by atoms with Gasteiger partial charge in [0.25, 0.3) is 0 Å². The lowest BCUT2D eigenvalue weighted by molar-refractivity contribution is -0.123. The first-order valence-corrected chi connectivity index (χ1v) is 8.75. The first kappa shape index (κ1) is 18.8. The molecule has 140 valence electrons. The van der Waals surface area contributed by atoms with Crippen LogP contribution in [0.15, 0.2) is 61.1 Å². The van der Waals surface area contributed by atoms with Gasteiger partial charge in [-0.15, -0.1) is 0 Å². The topological polar surface area (TPSA) is 95.1 Å². The smallest absolute Gasteiger partial charge is 0.222 e. The number of carbonyl (C=O) groups is 1. The van der Waals surface area contributed by atoms with Crippen LogP contribution >= 0.6 is 0 Å². The van der Waals surface area contributed by atoms with Gasteiger partial charge in [0.1, 0.15) is 0 Å². The molecule has 0 radical (unpaired) electrons. The zero-order chi connectivity index (χ0) is 19.1. The summed E-state index contributed by atoms with van der Waals surface area (Å²) in [6.07, 6.45) is 5.33. The van der Waals surface area contributed by atoms with Crippen molar-refractivity contribution in [1.82, 2.24) is 20.1 Å². The number of nitrogens with two attached hydrogens (primary N) is 1. The molecule has 0 spiro atoms. The Kier molecular flexibility index (Phi) is 6.30. The van der Waals surface area contributed by atoms with Crippen LogP contribution in [0.4, 0.5) is 0 Å². The normalized spacial score (nSPS) is 11.9. The van der Waals surface area contributed by atoms with Gasteiger partial charge >= 0.3 is 0 Å². The lowest BCUT2D eigenvalue weighted by atomic mass is 10.1. The number of benzene rings is 1. The predicted molar refractivity (Wildman–Crippen MR) is 103 cm³/mol. The Morgan fingerprint density at radius 2 is 1.96 bits per heavy atom. The fourth-order valence-electron chi connectivity index (χ4n) is 2.74. The first-order valence-electron chi connectivity index (χ1n) is 8.75. The van der Waals surface area contributed by atoms with Crippen LogP contribution in [0.5, 0.6) is 0 Å². The second kappa shape index (κ2) is 9.07. The summed E-state index contributed by atoms with van der Waals surface area (Å²) in [5.74, 6) is -0.111. The average Bonchev–Trinajstić information content (AvgIpc) is 3.16. The fourth-order valence-corrected chi connectivity index (χ4v) is 2.74. The van der Waals surface area contributed by atoms with E-state index in [1.807, 2.05) is 53.3 Å². The van der Waals surface area contributed by atoms with Crippen LogP contribution in [0.3, 0.4) is 0 Å². The average molecular weight is 365 g/mol. The highest BCUT2D eigenvalue weighted by Crippen LogP contribution is 2.23. The van der Waals surface area contributed by atoms with Crippen molar-refractivity contribution in [3.8, 4) is 16.9 Å². The number of hydrogen-bond acceptors (Lipinski definition) is 5. The minimum atomic E-state index is -0.281. The molecule has 1 amide bonds. The van der Waals surface area contributed by atoms with Gasteiger partial charge in [-0.25, -0.2) is 4.68 Å². The third-order valence-electron chi connectivity index (χ3n) is 4.25. The number of nitrogens with zero attached hydrogens (tertiary/aromatic N) is 3. The van der Waals surface area contributed by atoms with Crippen molar-refractivity contribution in [3.05, 3.63) is 66.6 Å². The molecule has 0 aliphatic rings. The summed E-state index contributed by atoms with van der Waals surface area (Å²) in [6, 6.07) is 13.6. The molecule has 3 rings (SSSR count). The zero-order valence-electron chi connectivity index (χ0n) is 15.2. The highest BCUT2D eigenvalue weighted by molar-refractivity contribution is 5.76. The maximum absolute atomic E-state index is 12.2. The molecule has 1 aromatic carbocycles. The van der Waals surface area contributed by atoms with Crippen LogP contribution in [0.1, 0.15) is 12.0 Å². The summed E-state index contributed by atoms with van der Waals surface area (Å²) in [6.45, 7) is 0.669. The fraction of sp³-hybridized carbons (Fsp3) is 0.250. The van der Waals surface area contributed by atoms with Gasteiger partial charge in [-0.1, -0.05) is 18.2 Å². The van der Waals surface area contributed by atoms with Gasteiger partial charge in [-0.05, 0) is 24.3 Å². The Balaban J connectivity index is 1.82. The second-order valence-electron chi connectivity index (χ2n) is 6.09. The van der Waals surface area contributed by atoms with Crippen molar-refractivity contribution in [3.63, 3.8) is 0 Å². The highest BCUT2D eigenvalue weighted by Gasteiger charge is 2.15. The van der Waals surface area contributed by atoms with E-state index in [-0.39, 0.29) is 18.4 Å². The minimum absolute atomic E-state index is 0.111. The molecule has 0 saturated heterocycles. The van der Waals surface area contributed by atoms with E-state index in [1.54, 1.807) is 19.5 Å². The van der Waals surface area contributed by atoms with E-state index in [1.165, 1.54) is 0 Å². The van der Waals surface area contributed by atoms with Crippen LogP contribution in [0.25, 0.3) is 16.9 Å². The third kappa shape index (κ3) is 4.78. The molecule has 1 atom stereocenters. The molecule has 0 aliphatic heterocycles. The van der Waals surface area contributed by atoms with E-state index in [0.29, 0.717) is 13.1 Å². The molecule has 0 fully saturated rings. The number of amides is 1. The van der Waals surface area contributed by atoms with Crippen LogP contribution in [0, 0.1) is 0 Å². The minimum Gasteiger partial charge on any atom is -0.380 e. The number of nitrogens with one attached hydrogen (secondary N) is 1. The highest BCUT2D eigenvalue weighted by atomic mass is 16.5. The van der Waals surface area contributed by atoms with Gasteiger partial charge in [0.15, 0.2) is 0 Å². The number of rotatable bonds is 8. The number of aromatic nitrogens is 3. The predicted octanol–water partition coefficient (Wildman–Crippen LogP) is 1.91. The molecule has 3 N–H and O–H groups in total. The maximum atomic E-state index is 12.2. The largest absolute Gasteiger partial charge is 0.380 e. The lowest BCUT2D eigenvalue weighted by Gasteiger charge is -2.12. The molecule has 0 saturated carbocycles. The Morgan fingerprint density at radius 3 is 2.63 bits per heavy atom. The van der Waals surface area contributed by atoms with E-state index in [2.05, 4.69) is 10.3 Å². The van der Waals surface area contributed by atoms with Crippen molar-refractivity contribution >= 4 is 5.91 Å². The zero-order valence-corrected chi connectivity index (χ0v) is 15.2. The van der Waals surface area contributed by atoms with Crippen LogP contribution in [-0.2, 0) is 16.1 Å². The van der Waals surface area contributed by atoms with E-state index in [4.69, 9.17) is 15.6 Å². The van der Waals surface area contributed by atoms with E-state index in [9.17, 15) is 4.79 Å². The Labute approximate surface area is 158 Å². The van der Waals surface area contributed by atoms with Gasteiger partial charge in [-0.3, -0.25) is 9.78 Å². The summed E-state index contributed by atoms with van der Waals surface area (Å²) >= 11 is 0. The molecule has 0 aliphatic carbocycles. The van der Waals surface area contributed by atoms with E-state index in [0.717, 1.165) is 22.5 Å². The molecule has 7 heteroatoms. The van der Waals surface area contributed by atoms with Gasteiger partial charge in [-0.2, -0.15) is 5.10 Å². The standard InChI is InChI=1S/C20H23N5O2/c1-27-18(12-21)11-19(26)23-13-16-14-25(17-5-3-2-4-6-17)24-20(16)15-7-9-22-10-8-15/h2-10,14,18H,11-13,21H2,1H3,(H,23,26). The Bertz CT molecular complexity index is 861. The molecule has 2 aromatic heterocycles. The Hall–Kier alpha value is -3.03. The van der Waals surface area contributed by atoms with Crippen molar-refractivity contribution < 1.29 is 9.53 Å². The summed E-state index contributed by atoms with van der Waals surface area (Å²) in [7, 11) is 1.55. The summed E-state index contributed by atoms with van der Waals surface area (Å²) in [5.41, 5.74) is 9.21. The molecule has 27 heavy (non-hydrogen) atoms. The number of para-hydroxylation sites is 1. The quantitative estimate of drug-likeness (QED) is 0.636. The van der Waals surface area contributed by atoms with E-state index >= 15 is 0 Å². The van der Waals surface area contributed by atoms with Crippen molar-refractivity contribution in [2.45, 2.75) is 19.1 Å². The van der Waals surface area contributed by atoms with Gasteiger partial charge in [0.2, 0.25) is 5.91 Å². The number of pyridine rings is 1. The third-order valence-corrected chi connectivity index (χ3v) is 4.25. The monoisotopic (exact) mass is 365 g/mol. The molecular weight excluding hydrogens is 342 g/mol. The molecule has 0 bridgehead atoms. The summed E-state index contributed by atoms with van der Waals surface area (Å²) in [5, 5.41) is 7.64. The number of hydrogen-bond donors (Lipinski definition) is 2. The lowest BCUT2D eigenvalue weighted by Crippen LogP contribution is -2.31. The van der Waals surface area contributed by atoms with Crippen molar-refractivity contribution in [2.24, 2.45) is 5.73 Å². The molecule has 1 unspecified atom stereocenters. The molecule has 2 heterocycles. The molecule has 7 nitrogen and oxygen atoms in total. The van der Waals surface area contributed by atoms with Gasteiger partial charge < -0.3 is 15.8 Å². The van der Waals surface area contributed by atoms with E-state index < -0.39 is 0 Å².